The van der Waals surface area contributed by atoms with Crippen molar-refractivity contribution in [3.63, 3.8) is 0 Å². The number of nitrogen functional groups attached to an aromatic ring is 1. The lowest BCUT2D eigenvalue weighted by Gasteiger charge is -2.12. The van der Waals surface area contributed by atoms with Crippen molar-refractivity contribution in [2.24, 2.45) is 0 Å². The Morgan fingerprint density at radius 2 is 2.24 bits per heavy atom. The van der Waals surface area contributed by atoms with Gasteiger partial charge in [0.15, 0.2) is 0 Å². The van der Waals surface area contributed by atoms with Gasteiger partial charge < -0.3 is 15.8 Å². The summed E-state index contributed by atoms with van der Waals surface area (Å²) in [5.41, 5.74) is 5.85. The topological polar surface area (TPSA) is 115 Å². The molecule has 0 aromatic carbocycles. The number of ether oxygens (including phenoxy) is 1. The molecule has 0 fully saturated rings. The zero-order valence-corrected chi connectivity index (χ0v) is 11.8. The number of hydrogen-bond acceptors (Lipinski definition) is 6. The number of hydrogen-bond donors (Lipinski definition) is 3. The average molecular weight is 291 g/mol. The molecular formula is C13H17N5O3. The molecule has 0 atom stereocenters. The summed E-state index contributed by atoms with van der Waals surface area (Å²) in [6.45, 7) is 2.50. The summed E-state index contributed by atoms with van der Waals surface area (Å²) < 4.78 is 6.32. The van der Waals surface area contributed by atoms with Crippen molar-refractivity contribution in [1.82, 2.24) is 14.5 Å². The van der Waals surface area contributed by atoms with Gasteiger partial charge in [0.1, 0.15) is 11.5 Å². The Kier molecular flexibility index (Phi) is 4.27. The highest BCUT2D eigenvalue weighted by molar-refractivity contribution is 5.60. The number of nitrogens with two attached hydrogens (primary N) is 1. The normalized spacial score (nSPS) is 10.4. The number of pyridine rings is 1. The molecule has 0 saturated heterocycles. The average Bonchev–Trinajstić information content (AvgIpc) is 2.47. The molecule has 2 aromatic heterocycles. The molecule has 0 bridgehead atoms. The molecule has 2 aromatic rings. The van der Waals surface area contributed by atoms with Crippen LogP contribution in [-0.4, -0.2) is 21.6 Å². The van der Waals surface area contributed by atoms with Crippen molar-refractivity contribution in [2.45, 2.75) is 20.0 Å². The Morgan fingerprint density at radius 3 is 2.90 bits per heavy atom. The van der Waals surface area contributed by atoms with Gasteiger partial charge in [-0.2, -0.15) is 0 Å². The molecule has 0 aliphatic heterocycles. The minimum Gasteiger partial charge on any atom is -0.481 e. The predicted octanol–water partition coefficient (Wildman–Crippen LogP) is 0.154. The number of aromatic nitrogens is 3. The van der Waals surface area contributed by atoms with Crippen LogP contribution in [0.3, 0.4) is 0 Å². The number of nitrogens with zero attached hydrogens (tertiary/aromatic N) is 2. The first-order chi connectivity index (χ1) is 10.1. The Labute approximate surface area is 120 Å². The van der Waals surface area contributed by atoms with E-state index in [1.165, 1.54) is 11.7 Å². The predicted molar refractivity (Wildman–Crippen MR) is 79.5 cm³/mol. The molecule has 4 N–H and O–H groups in total. The van der Waals surface area contributed by atoms with Gasteiger partial charge in [0.25, 0.3) is 5.56 Å². The summed E-state index contributed by atoms with van der Waals surface area (Å²) in [6.07, 6.45) is 1.61. The standard InChI is InChI=1S/C13H17N5O3/c1-3-18-11(14)10(12(19)17-13(18)20)16-7-8-4-5-15-9(6-8)21-2/h4-6,16H,3,7,14H2,1-2H3,(H,17,19,20). The van der Waals surface area contributed by atoms with Crippen LogP contribution in [0.5, 0.6) is 5.88 Å². The molecular weight excluding hydrogens is 274 g/mol. The molecule has 0 radical (unpaired) electrons. The molecule has 8 nitrogen and oxygen atoms in total. The minimum atomic E-state index is -0.539. The Bertz CT molecular complexity index is 750. The number of anilines is 2. The van der Waals surface area contributed by atoms with Gasteiger partial charge in [0.05, 0.1) is 7.11 Å². The van der Waals surface area contributed by atoms with Gasteiger partial charge in [-0.1, -0.05) is 0 Å². The largest absolute Gasteiger partial charge is 0.481 e. The molecule has 0 unspecified atom stereocenters. The van der Waals surface area contributed by atoms with E-state index >= 15 is 0 Å². The summed E-state index contributed by atoms with van der Waals surface area (Å²) in [5.74, 6) is 0.599. The number of methoxy groups -OCH3 is 1. The molecule has 2 heterocycles. The van der Waals surface area contributed by atoms with E-state index in [0.29, 0.717) is 19.0 Å². The maximum Gasteiger partial charge on any atom is 0.330 e. The quantitative estimate of drug-likeness (QED) is 0.722. The third-order valence-corrected chi connectivity index (χ3v) is 3.03. The van der Waals surface area contributed by atoms with Crippen LogP contribution < -0.4 is 27.0 Å². The van der Waals surface area contributed by atoms with Crippen LogP contribution in [0.1, 0.15) is 12.5 Å². The summed E-state index contributed by atoms with van der Waals surface area (Å²) in [6, 6.07) is 3.53. The summed E-state index contributed by atoms with van der Waals surface area (Å²) in [4.78, 5) is 29.6. The molecule has 2 rings (SSSR count). The van der Waals surface area contributed by atoms with E-state index < -0.39 is 11.2 Å². The maximum absolute atomic E-state index is 11.8. The fourth-order valence-electron chi connectivity index (χ4n) is 1.94. The Hall–Kier alpha value is -2.77. The number of rotatable bonds is 5. The second-order valence-electron chi connectivity index (χ2n) is 4.32. The van der Waals surface area contributed by atoms with E-state index in [4.69, 9.17) is 10.5 Å². The van der Waals surface area contributed by atoms with Gasteiger partial charge >= 0.3 is 5.69 Å². The van der Waals surface area contributed by atoms with Crippen LogP contribution in [0.25, 0.3) is 0 Å². The minimum absolute atomic E-state index is 0.118. The smallest absolute Gasteiger partial charge is 0.330 e. The van der Waals surface area contributed by atoms with E-state index in [0.717, 1.165) is 5.56 Å². The molecule has 0 aliphatic carbocycles. The Morgan fingerprint density at radius 1 is 1.48 bits per heavy atom. The summed E-state index contributed by atoms with van der Waals surface area (Å²) in [7, 11) is 1.53. The van der Waals surface area contributed by atoms with Crippen LogP contribution in [0.4, 0.5) is 11.5 Å². The van der Waals surface area contributed by atoms with Crippen molar-refractivity contribution >= 4 is 11.5 Å². The monoisotopic (exact) mass is 291 g/mol. The van der Waals surface area contributed by atoms with E-state index in [1.807, 2.05) is 0 Å². The SMILES string of the molecule is CCn1c(N)c(NCc2ccnc(OC)c2)c(=O)[nH]c1=O. The summed E-state index contributed by atoms with van der Waals surface area (Å²) in [5, 5.41) is 2.94. The van der Waals surface area contributed by atoms with E-state index in [-0.39, 0.29) is 11.5 Å². The molecule has 0 spiro atoms. The molecule has 8 heteroatoms. The first-order valence-corrected chi connectivity index (χ1v) is 6.42. The van der Waals surface area contributed by atoms with Crippen molar-refractivity contribution in [1.29, 1.82) is 0 Å². The van der Waals surface area contributed by atoms with Crippen LogP contribution in [-0.2, 0) is 13.1 Å². The molecule has 112 valence electrons. The maximum atomic E-state index is 11.8. The molecule has 21 heavy (non-hydrogen) atoms. The van der Waals surface area contributed by atoms with Gasteiger partial charge in [-0.15, -0.1) is 0 Å². The first kappa shape index (κ1) is 14.6. The van der Waals surface area contributed by atoms with Crippen LogP contribution in [0.2, 0.25) is 0 Å². The van der Waals surface area contributed by atoms with Crippen LogP contribution in [0, 0.1) is 0 Å². The van der Waals surface area contributed by atoms with Crippen LogP contribution in [0.15, 0.2) is 27.9 Å². The first-order valence-electron chi connectivity index (χ1n) is 6.42. The third kappa shape index (κ3) is 3.04. The van der Waals surface area contributed by atoms with Gasteiger partial charge in [-0.05, 0) is 18.6 Å². The zero-order chi connectivity index (χ0) is 15.4. The lowest BCUT2D eigenvalue weighted by Crippen LogP contribution is -2.33. The fourth-order valence-corrected chi connectivity index (χ4v) is 1.94. The lowest BCUT2D eigenvalue weighted by molar-refractivity contribution is 0.397. The molecule has 0 amide bonds. The zero-order valence-electron chi connectivity index (χ0n) is 11.8. The number of aromatic amines is 1. The van der Waals surface area contributed by atoms with E-state index in [1.54, 1.807) is 25.3 Å². The lowest BCUT2D eigenvalue weighted by atomic mass is 10.2. The van der Waals surface area contributed by atoms with Gasteiger partial charge in [-0.3, -0.25) is 14.3 Å². The second-order valence-corrected chi connectivity index (χ2v) is 4.32. The van der Waals surface area contributed by atoms with Crippen molar-refractivity contribution in [2.75, 3.05) is 18.2 Å². The van der Waals surface area contributed by atoms with Crippen molar-refractivity contribution < 1.29 is 4.74 Å². The van der Waals surface area contributed by atoms with E-state index in [2.05, 4.69) is 15.3 Å². The van der Waals surface area contributed by atoms with Crippen LogP contribution >= 0.6 is 0 Å². The van der Waals surface area contributed by atoms with Gasteiger partial charge in [0.2, 0.25) is 5.88 Å². The molecule has 0 saturated carbocycles. The number of H-pyrrole nitrogens is 1. The highest BCUT2D eigenvalue weighted by Crippen LogP contribution is 2.13. The van der Waals surface area contributed by atoms with E-state index in [9.17, 15) is 9.59 Å². The Balaban J connectivity index is 2.28. The van der Waals surface area contributed by atoms with Crippen molar-refractivity contribution in [3.05, 3.63) is 44.7 Å². The highest BCUT2D eigenvalue weighted by Gasteiger charge is 2.11. The number of nitrogens with one attached hydrogen (secondary N) is 2. The summed E-state index contributed by atoms with van der Waals surface area (Å²) >= 11 is 0. The van der Waals surface area contributed by atoms with Gasteiger partial charge in [-0.25, -0.2) is 9.78 Å². The fraction of sp³-hybridized carbons (Fsp3) is 0.308. The highest BCUT2D eigenvalue weighted by atomic mass is 16.5. The molecule has 0 aliphatic rings. The van der Waals surface area contributed by atoms with Gasteiger partial charge in [0, 0.05) is 25.4 Å². The van der Waals surface area contributed by atoms with Crippen molar-refractivity contribution in [3.8, 4) is 5.88 Å². The third-order valence-electron chi connectivity index (χ3n) is 3.03. The second kappa shape index (κ2) is 6.12.